The fraction of sp³-hybridized carbons (Fsp3) is 0.355. The molecule has 0 aliphatic heterocycles. The van der Waals surface area contributed by atoms with Crippen LogP contribution in [0.5, 0.6) is 17.2 Å². The van der Waals surface area contributed by atoms with E-state index in [2.05, 4.69) is 11.9 Å². The van der Waals surface area contributed by atoms with Crippen LogP contribution >= 0.6 is 0 Å². The van der Waals surface area contributed by atoms with Gasteiger partial charge in [0.05, 0.1) is 17.9 Å². The number of hydrogen-bond donors (Lipinski definition) is 1. The summed E-state index contributed by atoms with van der Waals surface area (Å²) in [5.41, 5.74) is 2.10. The van der Waals surface area contributed by atoms with Gasteiger partial charge in [-0.3, -0.25) is 4.99 Å². The molecule has 0 atom stereocenters. The van der Waals surface area contributed by atoms with Crippen LogP contribution in [-0.4, -0.2) is 23.9 Å². The quantitative estimate of drug-likeness (QED) is 0.103. The van der Waals surface area contributed by atoms with Crippen molar-refractivity contribution < 1.29 is 23.8 Å². The fourth-order valence-corrected chi connectivity index (χ4v) is 3.94. The number of phenolic OH excluding ortho intramolecular Hbond substituents is 1. The summed E-state index contributed by atoms with van der Waals surface area (Å²) < 4.78 is 24.2. The number of phenols is 1. The second-order valence-electron chi connectivity index (χ2n) is 9.10. The maximum atomic E-state index is 13.1. The molecule has 196 valence electrons. The van der Waals surface area contributed by atoms with Crippen molar-refractivity contribution in [2.45, 2.75) is 65.2 Å². The zero-order valence-corrected chi connectivity index (χ0v) is 21.7. The van der Waals surface area contributed by atoms with Gasteiger partial charge in [0.15, 0.2) is 0 Å². The Hall–Kier alpha value is -3.67. The highest BCUT2D eigenvalue weighted by atomic mass is 19.1. The molecule has 0 fully saturated rings. The van der Waals surface area contributed by atoms with Crippen LogP contribution in [-0.2, 0) is 0 Å². The summed E-state index contributed by atoms with van der Waals surface area (Å²) in [7, 11) is 0. The van der Waals surface area contributed by atoms with E-state index in [0.29, 0.717) is 34.7 Å². The van der Waals surface area contributed by atoms with E-state index in [9.17, 15) is 14.3 Å². The molecule has 0 spiro atoms. The molecule has 1 N–H and O–H groups in total. The Morgan fingerprint density at radius 3 is 2.30 bits per heavy atom. The molecule has 0 aliphatic rings. The Labute approximate surface area is 219 Å². The molecular weight excluding hydrogens is 469 g/mol. The number of rotatable bonds is 14. The number of carbonyl (C=O) groups excluding carboxylic acids is 1. The first-order chi connectivity index (χ1) is 18.0. The lowest BCUT2D eigenvalue weighted by Gasteiger charge is -2.09. The van der Waals surface area contributed by atoms with Gasteiger partial charge in [-0.1, -0.05) is 57.9 Å². The summed E-state index contributed by atoms with van der Waals surface area (Å²) >= 11 is 0. The van der Waals surface area contributed by atoms with E-state index in [1.165, 1.54) is 62.8 Å². The number of hydrogen-bond acceptors (Lipinski definition) is 5. The number of esters is 1. The fourth-order valence-electron chi connectivity index (χ4n) is 3.94. The van der Waals surface area contributed by atoms with Gasteiger partial charge in [0.2, 0.25) is 0 Å². The number of nitrogens with zero attached hydrogens (tertiary/aromatic N) is 1. The highest BCUT2D eigenvalue weighted by Crippen LogP contribution is 2.26. The van der Waals surface area contributed by atoms with Gasteiger partial charge in [-0.2, -0.15) is 0 Å². The Bertz CT molecular complexity index is 1170. The molecule has 0 radical (unpaired) electrons. The topological polar surface area (TPSA) is 68.1 Å². The molecule has 5 nitrogen and oxygen atoms in total. The molecule has 0 aliphatic carbocycles. The molecule has 37 heavy (non-hydrogen) atoms. The zero-order valence-electron chi connectivity index (χ0n) is 21.7. The van der Waals surface area contributed by atoms with Crippen molar-refractivity contribution in [2.75, 3.05) is 6.61 Å². The maximum Gasteiger partial charge on any atom is 0.343 e. The van der Waals surface area contributed by atoms with Crippen molar-refractivity contribution in [2.24, 2.45) is 4.99 Å². The SMILES string of the molecule is CCCCCCCCCCOc1ccc(C=Nc2cccc(C(=O)Oc3ccc(F)cc3)c2C)c(O)c1. The third-order valence-electron chi connectivity index (χ3n) is 6.16. The number of aliphatic imine (C=N–C) groups is 1. The van der Waals surface area contributed by atoms with Crippen LogP contribution in [0.25, 0.3) is 0 Å². The van der Waals surface area contributed by atoms with Crippen LogP contribution in [0.4, 0.5) is 10.1 Å². The first-order valence-corrected chi connectivity index (χ1v) is 13.0. The first kappa shape index (κ1) is 27.9. The molecule has 3 aromatic rings. The van der Waals surface area contributed by atoms with E-state index in [-0.39, 0.29) is 11.5 Å². The smallest absolute Gasteiger partial charge is 0.343 e. The predicted octanol–water partition coefficient (Wildman–Crippen LogP) is 8.33. The Balaban J connectivity index is 1.53. The third-order valence-corrected chi connectivity index (χ3v) is 6.16. The molecular formula is C31H36FNO4. The second kappa shape index (κ2) is 14.8. The molecule has 0 amide bonds. The monoisotopic (exact) mass is 505 g/mol. The molecule has 0 saturated carbocycles. The number of benzene rings is 3. The summed E-state index contributed by atoms with van der Waals surface area (Å²) in [5, 5.41) is 10.4. The van der Waals surface area contributed by atoms with Crippen molar-refractivity contribution >= 4 is 17.9 Å². The molecule has 0 bridgehead atoms. The molecule has 3 rings (SSSR count). The van der Waals surface area contributed by atoms with Crippen molar-refractivity contribution in [3.05, 3.63) is 83.2 Å². The average molecular weight is 506 g/mol. The summed E-state index contributed by atoms with van der Waals surface area (Å²) in [4.78, 5) is 17.1. The van der Waals surface area contributed by atoms with Crippen LogP contribution in [0.3, 0.4) is 0 Å². The van der Waals surface area contributed by atoms with E-state index in [1.807, 2.05) is 6.07 Å². The van der Waals surface area contributed by atoms with E-state index in [1.54, 1.807) is 43.5 Å². The van der Waals surface area contributed by atoms with Crippen molar-refractivity contribution in [3.63, 3.8) is 0 Å². The third kappa shape index (κ3) is 9.05. The standard InChI is InChI=1S/C31H36FNO4/c1-3-4-5-6-7-8-9-10-20-36-27-17-14-24(30(34)21-27)22-33-29-13-11-12-28(23(29)2)31(35)37-26-18-15-25(32)16-19-26/h11-19,21-22,34H,3-10,20H2,1-2H3. The lowest BCUT2D eigenvalue weighted by atomic mass is 10.1. The van der Waals surface area contributed by atoms with Gasteiger partial charge in [-0.15, -0.1) is 0 Å². The number of carbonyl (C=O) groups is 1. The van der Waals surface area contributed by atoms with E-state index < -0.39 is 11.8 Å². The highest BCUT2D eigenvalue weighted by molar-refractivity contribution is 5.94. The molecule has 6 heteroatoms. The van der Waals surface area contributed by atoms with Crippen molar-refractivity contribution in [1.82, 2.24) is 0 Å². The lowest BCUT2D eigenvalue weighted by Crippen LogP contribution is -2.10. The van der Waals surface area contributed by atoms with Crippen molar-refractivity contribution in [3.8, 4) is 17.2 Å². The zero-order chi connectivity index (χ0) is 26.5. The minimum absolute atomic E-state index is 0.0710. The van der Waals surface area contributed by atoms with Gasteiger partial charge < -0.3 is 14.6 Å². The number of ether oxygens (including phenoxy) is 2. The Kier molecular flexibility index (Phi) is 11.2. The minimum atomic E-state index is -0.554. The number of aromatic hydroxyl groups is 1. The minimum Gasteiger partial charge on any atom is -0.507 e. The van der Waals surface area contributed by atoms with Crippen LogP contribution in [0, 0.1) is 12.7 Å². The van der Waals surface area contributed by atoms with Crippen LogP contribution in [0.1, 0.15) is 79.8 Å². The summed E-state index contributed by atoms with van der Waals surface area (Å²) in [6, 6.07) is 15.6. The maximum absolute atomic E-state index is 13.1. The number of halogens is 1. The van der Waals surface area contributed by atoms with E-state index in [0.717, 1.165) is 12.8 Å². The Morgan fingerprint density at radius 2 is 1.59 bits per heavy atom. The Morgan fingerprint density at radius 1 is 0.919 bits per heavy atom. The van der Waals surface area contributed by atoms with Gasteiger partial charge in [0, 0.05) is 17.8 Å². The predicted molar refractivity (Wildman–Crippen MR) is 146 cm³/mol. The first-order valence-electron chi connectivity index (χ1n) is 13.0. The summed E-state index contributed by atoms with van der Waals surface area (Å²) in [5.74, 6) is -0.00369. The highest BCUT2D eigenvalue weighted by Gasteiger charge is 2.14. The molecule has 0 saturated heterocycles. The van der Waals surface area contributed by atoms with Crippen LogP contribution < -0.4 is 9.47 Å². The average Bonchev–Trinajstić information content (AvgIpc) is 2.89. The molecule has 0 heterocycles. The van der Waals surface area contributed by atoms with Gasteiger partial charge in [0.25, 0.3) is 0 Å². The molecule has 0 unspecified atom stereocenters. The second-order valence-corrected chi connectivity index (χ2v) is 9.10. The van der Waals surface area contributed by atoms with Crippen LogP contribution in [0.2, 0.25) is 0 Å². The van der Waals surface area contributed by atoms with Gasteiger partial charge in [-0.05, 0) is 67.4 Å². The normalized spacial score (nSPS) is 11.1. The summed E-state index contributed by atoms with van der Waals surface area (Å²) in [6.45, 7) is 4.63. The van der Waals surface area contributed by atoms with Crippen molar-refractivity contribution in [1.29, 1.82) is 0 Å². The van der Waals surface area contributed by atoms with Gasteiger partial charge in [-0.25, -0.2) is 9.18 Å². The number of unbranched alkanes of at least 4 members (excludes halogenated alkanes) is 7. The van der Waals surface area contributed by atoms with Crippen LogP contribution in [0.15, 0.2) is 65.7 Å². The lowest BCUT2D eigenvalue weighted by molar-refractivity contribution is 0.0734. The molecule has 0 aromatic heterocycles. The molecule has 3 aromatic carbocycles. The van der Waals surface area contributed by atoms with Gasteiger partial charge >= 0.3 is 5.97 Å². The van der Waals surface area contributed by atoms with E-state index >= 15 is 0 Å². The largest absolute Gasteiger partial charge is 0.507 e. The summed E-state index contributed by atoms with van der Waals surface area (Å²) in [6.07, 6.45) is 11.5. The van der Waals surface area contributed by atoms with E-state index in [4.69, 9.17) is 9.47 Å². The van der Waals surface area contributed by atoms with Gasteiger partial charge in [0.1, 0.15) is 23.1 Å².